The molecule has 3 N–H and O–H groups in total. The molecule has 0 unspecified atom stereocenters. The number of carbonyl (C=O) groups excluding carboxylic acids is 1. The SMILES string of the molecule is CC.O=C(Nc1ccnnc1)c1n[nH]c2ccc(-c3cncc(CN4CCC(O)CC4)c3)cc12. The van der Waals surface area contributed by atoms with E-state index in [-0.39, 0.29) is 12.0 Å². The van der Waals surface area contributed by atoms with Crippen LogP contribution in [0, 0.1) is 0 Å². The Hall–Kier alpha value is -3.69. The summed E-state index contributed by atoms with van der Waals surface area (Å²) in [6, 6.07) is 9.66. The van der Waals surface area contributed by atoms with Crippen LogP contribution in [0.5, 0.6) is 0 Å². The maximum atomic E-state index is 12.8. The Morgan fingerprint density at radius 2 is 1.91 bits per heavy atom. The molecule has 5 rings (SSSR count). The molecule has 1 saturated heterocycles. The molecule has 1 aromatic carbocycles. The molecule has 0 spiro atoms. The molecule has 0 saturated carbocycles. The van der Waals surface area contributed by atoms with Gasteiger partial charge < -0.3 is 10.4 Å². The average Bonchev–Trinajstić information content (AvgIpc) is 3.31. The van der Waals surface area contributed by atoms with E-state index in [9.17, 15) is 9.90 Å². The first-order valence-corrected chi connectivity index (χ1v) is 11.6. The molecule has 0 atom stereocenters. The zero-order valence-electron chi connectivity index (χ0n) is 19.4. The number of H-pyrrole nitrogens is 1. The number of amides is 1. The smallest absolute Gasteiger partial charge is 0.276 e. The lowest BCUT2D eigenvalue weighted by molar-refractivity contribution is 0.0792. The lowest BCUT2D eigenvalue weighted by Crippen LogP contribution is -2.35. The van der Waals surface area contributed by atoms with Gasteiger partial charge in [-0.25, -0.2) is 0 Å². The van der Waals surface area contributed by atoms with Crippen molar-refractivity contribution >= 4 is 22.5 Å². The second kappa shape index (κ2) is 11.0. The lowest BCUT2D eigenvalue weighted by Gasteiger charge is -2.29. The number of fused-ring (bicyclic) bond motifs is 1. The van der Waals surface area contributed by atoms with Gasteiger partial charge in [-0.2, -0.15) is 15.3 Å². The molecule has 0 aliphatic carbocycles. The summed E-state index contributed by atoms with van der Waals surface area (Å²) in [5.41, 5.74) is 4.71. The van der Waals surface area contributed by atoms with Crippen LogP contribution in [0.2, 0.25) is 0 Å². The molecular weight excluding hydrogens is 430 g/mol. The second-order valence-electron chi connectivity index (χ2n) is 8.01. The van der Waals surface area contributed by atoms with Crippen molar-refractivity contribution in [2.75, 3.05) is 18.4 Å². The van der Waals surface area contributed by atoms with Crippen LogP contribution in [-0.2, 0) is 6.54 Å². The number of pyridine rings is 1. The largest absolute Gasteiger partial charge is 0.393 e. The number of aromatic amines is 1. The predicted molar refractivity (Wildman–Crippen MR) is 131 cm³/mol. The highest BCUT2D eigenvalue weighted by Crippen LogP contribution is 2.26. The Morgan fingerprint density at radius 1 is 1.09 bits per heavy atom. The fraction of sp³-hybridized carbons (Fsp3) is 0.320. The first-order chi connectivity index (χ1) is 16.7. The van der Waals surface area contributed by atoms with Gasteiger partial charge in [0.05, 0.1) is 29.7 Å². The summed E-state index contributed by atoms with van der Waals surface area (Å²) in [7, 11) is 0. The van der Waals surface area contributed by atoms with Crippen molar-refractivity contribution in [2.24, 2.45) is 0 Å². The molecule has 1 fully saturated rings. The van der Waals surface area contributed by atoms with E-state index in [1.807, 2.05) is 44.4 Å². The fourth-order valence-electron chi connectivity index (χ4n) is 3.99. The highest BCUT2D eigenvalue weighted by atomic mass is 16.3. The van der Waals surface area contributed by atoms with Gasteiger partial charge in [0.15, 0.2) is 5.69 Å². The van der Waals surface area contributed by atoms with Gasteiger partial charge in [-0.3, -0.25) is 19.8 Å². The molecule has 3 aromatic heterocycles. The number of rotatable bonds is 5. The van der Waals surface area contributed by atoms with Gasteiger partial charge in [0.2, 0.25) is 0 Å². The number of nitrogens with one attached hydrogen (secondary N) is 2. The van der Waals surface area contributed by atoms with Gasteiger partial charge in [0.25, 0.3) is 5.91 Å². The number of aliphatic hydroxyl groups excluding tert-OH is 1. The number of benzene rings is 1. The van der Waals surface area contributed by atoms with E-state index in [0.29, 0.717) is 11.4 Å². The molecule has 4 aromatic rings. The summed E-state index contributed by atoms with van der Waals surface area (Å²) in [6.07, 6.45) is 8.15. The number of hydrogen-bond acceptors (Lipinski definition) is 7. The molecule has 1 aliphatic heterocycles. The van der Waals surface area contributed by atoms with Crippen LogP contribution in [0.4, 0.5) is 5.69 Å². The van der Waals surface area contributed by atoms with Crippen molar-refractivity contribution < 1.29 is 9.90 Å². The van der Waals surface area contributed by atoms with Crippen molar-refractivity contribution in [1.82, 2.24) is 30.3 Å². The van der Waals surface area contributed by atoms with E-state index in [1.54, 1.807) is 6.07 Å². The molecule has 0 bridgehead atoms. The Bertz CT molecular complexity index is 1230. The summed E-state index contributed by atoms with van der Waals surface area (Å²) >= 11 is 0. The Morgan fingerprint density at radius 3 is 2.68 bits per heavy atom. The molecule has 9 nitrogen and oxygen atoms in total. The van der Waals surface area contributed by atoms with Gasteiger partial charge in [0.1, 0.15) is 0 Å². The van der Waals surface area contributed by atoms with Crippen LogP contribution in [-0.4, -0.2) is 60.5 Å². The van der Waals surface area contributed by atoms with Crippen LogP contribution in [0.1, 0.15) is 42.7 Å². The summed E-state index contributed by atoms with van der Waals surface area (Å²) < 4.78 is 0. The molecule has 0 radical (unpaired) electrons. The molecule has 4 heterocycles. The third kappa shape index (κ3) is 5.44. The molecule has 1 amide bonds. The van der Waals surface area contributed by atoms with Crippen molar-refractivity contribution in [3.63, 3.8) is 0 Å². The van der Waals surface area contributed by atoms with E-state index < -0.39 is 0 Å². The maximum Gasteiger partial charge on any atom is 0.276 e. The number of carbonyl (C=O) groups is 1. The Kier molecular flexibility index (Phi) is 7.56. The monoisotopic (exact) mass is 459 g/mol. The number of piperidine rings is 1. The number of aliphatic hydroxyl groups is 1. The minimum atomic E-state index is -0.319. The number of anilines is 1. The van der Waals surface area contributed by atoms with Crippen molar-refractivity contribution in [2.45, 2.75) is 39.3 Å². The van der Waals surface area contributed by atoms with Gasteiger partial charge in [-0.05, 0) is 48.2 Å². The number of likely N-dealkylation sites (tertiary alicyclic amines) is 1. The zero-order chi connectivity index (χ0) is 23.9. The van der Waals surface area contributed by atoms with E-state index >= 15 is 0 Å². The van der Waals surface area contributed by atoms with Crippen LogP contribution in [0.3, 0.4) is 0 Å². The average molecular weight is 460 g/mol. The first kappa shape index (κ1) is 23.5. The summed E-state index contributed by atoms with van der Waals surface area (Å²) in [4.78, 5) is 19.5. The van der Waals surface area contributed by atoms with E-state index in [0.717, 1.165) is 60.1 Å². The van der Waals surface area contributed by atoms with E-state index in [1.165, 1.54) is 12.4 Å². The highest BCUT2D eigenvalue weighted by Gasteiger charge is 2.18. The van der Waals surface area contributed by atoms with E-state index in [2.05, 4.69) is 41.7 Å². The third-order valence-electron chi connectivity index (χ3n) is 5.71. The highest BCUT2D eigenvalue weighted by molar-refractivity contribution is 6.11. The molecule has 34 heavy (non-hydrogen) atoms. The van der Waals surface area contributed by atoms with Gasteiger partial charge in [-0.1, -0.05) is 19.9 Å². The molecule has 176 valence electrons. The van der Waals surface area contributed by atoms with Crippen LogP contribution < -0.4 is 5.32 Å². The van der Waals surface area contributed by atoms with Gasteiger partial charge >= 0.3 is 0 Å². The number of aromatic nitrogens is 5. The van der Waals surface area contributed by atoms with Crippen molar-refractivity contribution in [3.8, 4) is 11.1 Å². The number of nitrogens with zero attached hydrogens (tertiary/aromatic N) is 5. The summed E-state index contributed by atoms with van der Waals surface area (Å²) in [5.74, 6) is -0.319. The fourth-order valence-corrected chi connectivity index (χ4v) is 3.99. The third-order valence-corrected chi connectivity index (χ3v) is 5.71. The Balaban J connectivity index is 0.00000133. The van der Waals surface area contributed by atoms with Gasteiger partial charge in [-0.15, -0.1) is 0 Å². The molecular formula is C25H29N7O2. The molecule has 9 heteroatoms. The summed E-state index contributed by atoms with van der Waals surface area (Å²) in [5, 5.41) is 27.9. The van der Waals surface area contributed by atoms with Crippen molar-refractivity contribution in [1.29, 1.82) is 0 Å². The number of hydrogen-bond donors (Lipinski definition) is 3. The minimum absolute atomic E-state index is 0.182. The van der Waals surface area contributed by atoms with Crippen molar-refractivity contribution in [3.05, 3.63) is 66.4 Å². The lowest BCUT2D eigenvalue weighted by atomic mass is 10.0. The quantitative estimate of drug-likeness (QED) is 0.417. The maximum absolute atomic E-state index is 12.8. The predicted octanol–water partition coefficient (Wildman–Crippen LogP) is 3.65. The Labute approximate surface area is 198 Å². The van der Waals surface area contributed by atoms with Crippen LogP contribution in [0.25, 0.3) is 22.0 Å². The zero-order valence-corrected chi connectivity index (χ0v) is 19.4. The van der Waals surface area contributed by atoms with Gasteiger partial charge in [0, 0.05) is 43.0 Å². The minimum Gasteiger partial charge on any atom is -0.393 e. The van der Waals surface area contributed by atoms with E-state index in [4.69, 9.17) is 0 Å². The first-order valence-electron chi connectivity index (χ1n) is 11.6. The standard InChI is InChI=1S/C23H23N7O2.C2H6/c31-19-4-7-30(8-5-19)14-15-9-17(12-24-11-15)16-1-2-21-20(10-16)22(29-28-21)23(32)27-18-3-6-25-26-13-18;1-2/h1-3,6,9-13,19,31H,4-5,7-8,14H2,(H,28,29)(H,25,27,32);1-2H3. The van der Waals surface area contributed by atoms with Crippen LogP contribution in [0.15, 0.2) is 55.1 Å². The van der Waals surface area contributed by atoms with Crippen LogP contribution >= 0.6 is 0 Å². The normalized spacial score (nSPS) is 14.4. The topological polar surface area (TPSA) is 120 Å². The second-order valence-corrected chi connectivity index (χ2v) is 8.01. The summed E-state index contributed by atoms with van der Waals surface area (Å²) in [6.45, 7) is 6.57. The molecule has 1 aliphatic rings.